The Hall–Kier alpha value is -1.75. The molecule has 10 heteroatoms. The molecular formula is C11H21N3O7. The molecule has 0 saturated carbocycles. The summed E-state index contributed by atoms with van der Waals surface area (Å²) in [5, 5.41) is 37.1. The largest absolute Gasteiger partial charge is 0.481 e. The van der Waals surface area contributed by atoms with Crippen LogP contribution in [0.1, 0.15) is 26.7 Å². The zero-order valence-electron chi connectivity index (χ0n) is 11.8. The molecule has 122 valence electrons. The van der Waals surface area contributed by atoms with E-state index in [1.165, 1.54) is 0 Å². The maximum Gasteiger partial charge on any atom is 0.328 e. The molecule has 3 unspecified atom stereocenters. The van der Waals surface area contributed by atoms with Crippen LogP contribution in [0.4, 0.5) is 0 Å². The fourth-order valence-electron chi connectivity index (χ4n) is 1.71. The van der Waals surface area contributed by atoms with Crippen molar-refractivity contribution in [2.75, 3.05) is 0 Å². The fourth-order valence-corrected chi connectivity index (χ4v) is 1.71. The molecule has 0 bridgehead atoms. The number of nitrogens with zero attached hydrogens (tertiary/aromatic N) is 1. The number of aliphatic carboxylic acids is 2. The zero-order chi connectivity index (χ0) is 16.7. The molecule has 0 aromatic heterocycles. The van der Waals surface area contributed by atoms with Crippen LogP contribution in [0.25, 0.3) is 0 Å². The van der Waals surface area contributed by atoms with E-state index >= 15 is 0 Å². The minimum atomic E-state index is -1.83. The predicted molar refractivity (Wildman–Crippen MR) is 68.4 cm³/mol. The van der Waals surface area contributed by atoms with Gasteiger partial charge in [-0.15, -0.1) is 0 Å². The number of nitrogens with two attached hydrogens (primary N) is 1. The zero-order valence-corrected chi connectivity index (χ0v) is 11.8. The second-order valence-electron chi connectivity index (χ2n) is 5.05. The monoisotopic (exact) mass is 307 g/mol. The van der Waals surface area contributed by atoms with Crippen LogP contribution in [-0.4, -0.2) is 61.8 Å². The Labute approximate surface area is 121 Å². The average molecular weight is 307 g/mol. The van der Waals surface area contributed by atoms with Crippen LogP contribution in [0.2, 0.25) is 0 Å². The SMILES string of the molecule is CC(C)CC(N)C(=O)NC(C(=O)O)C(CC(=O)O)N(O)O. The van der Waals surface area contributed by atoms with Gasteiger partial charge in [0, 0.05) is 0 Å². The number of nitrogens with one attached hydrogen (secondary N) is 1. The number of hydrogen-bond donors (Lipinski definition) is 6. The number of rotatable bonds is 9. The smallest absolute Gasteiger partial charge is 0.328 e. The van der Waals surface area contributed by atoms with E-state index in [1.807, 2.05) is 19.2 Å². The number of amides is 1. The molecule has 0 aliphatic heterocycles. The molecule has 0 spiro atoms. The lowest BCUT2D eigenvalue weighted by Gasteiger charge is -2.27. The molecule has 0 aliphatic rings. The van der Waals surface area contributed by atoms with E-state index in [0.717, 1.165) is 0 Å². The van der Waals surface area contributed by atoms with Crippen molar-refractivity contribution in [2.45, 2.75) is 44.8 Å². The van der Waals surface area contributed by atoms with Crippen LogP contribution in [0.5, 0.6) is 0 Å². The second-order valence-corrected chi connectivity index (χ2v) is 5.05. The lowest BCUT2D eigenvalue weighted by Crippen LogP contribution is -2.57. The molecule has 7 N–H and O–H groups in total. The van der Waals surface area contributed by atoms with Crippen LogP contribution >= 0.6 is 0 Å². The summed E-state index contributed by atoms with van der Waals surface area (Å²) in [5.41, 5.74) is 5.58. The van der Waals surface area contributed by atoms with Gasteiger partial charge in [0.2, 0.25) is 5.91 Å². The van der Waals surface area contributed by atoms with Crippen molar-refractivity contribution in [2.24, 2.45) is 11.7 Å². The highest BCUT2D eigenvalue weighted by Crippen LogP contribution is 2.08. The molecular weight excluding hydrogens is 286 g/mol. The molecule has 1 amide bonds. The first-order chi connectivity index (χ1) is 9.56. The minimum absolute atomic E-state index is 0.0935. The first kappa shape index (κ1) is 19.2. The first-order valence-corrected chi connectivity index (χ1v) is 6.23. The van der Waals surface area contributed by atoms with Gasteiger partial charge in [0.25, 0.3) is 0 Å². The second kappa shape index (κ2) is 8.52. The van der Waals surface area contributed by atoms with Crippen LogP contribution in [0.15, 0.2) is 0 Å². The molecule has 0 radical (unpaired) electrons. The third-order valence-electron chi connectivity index (χ3n) is 2.69. The maximum absolute atomic E-state index is 11.8. The van der Waals surface area contributed by atoms with Gasteiger partial charge >= 0.3 is 11.9 Å². The average Bonchev–Trinajstić information content (AvgIpc) is 2.31. The van der Waals surface area contributed by atoms with Gasteiger partial charge in [-0.25, -0.2) is 4.79 Å². The van der Waals surface area contributed by atoms with Gasteiger partial charge in [0.05, 0.1) is 12.5 Å². The number of hydroxylamine groups is 2. The molecule has 0 rings (SSSR count). The third-order valence-corrected chi connectivity index (χ3v) is 2.69. The Kier molecular flexibility index (Phi) is 7.81. The van der Waals surface area contributed by atoms with E-state index in [-0.39, 0.29) is 5.92 Å². The van der Waals surface area contributed by atoms with Crippen molar-refractivity contribution in [3.8, 4) is 0 Å². The van der Waals surface area contributed by atoms with Gasteiger partial charge in [-0.3, -0.25) is 20.0 Å². The van der Waals surface area contributed by atoms with Gasteiger partial charge in [-0.2, -0.15) is 0 Å². The quantitative estimate of drug-likeness (QED) is 0.287. The topological polar surface area (TPSA) is 173 Å². The summed E-state index contributed by atoms with van der Waals surface area (Å²) in [6.07, 6.45) is -0.604. The van der Waals surface area contributed by atoms with Crippen LogP contribution in [0, 0.1) is 5.92 Å². The number of carbonyl (C=O) groups is 3. The molecule has 0 heterocycles. The van der Waals surface area contributed by atoms with Gasteiger partial charge in [0.15, 0.2) is 0 Å². The van der Waals surface area contributed by atoms with Crippen molar-refractivity contribution in [3.05, 3.63) is 0 Å². The Morgan fingerprint density at radius 2 is 1.71 bits per heavy atom. The molecule has 0 saturated heterocycles. The highest BCUT2D eigenvalue weighted by molar-refractivity contribution is 5.87. The third kappa shape index (κ3) is 6.99. The molecule has 3 atom stereocenters. The normalized spacial score (nSPS) is 15.6. The van der Waals surface area contributed by atoms with E-state index in [0.29, 0.717) is 6.42 Å². The Bertz CT molecular complexity index is 386. The lowest BCUT2D eigenvalue weighted by atomic mass is 10.0. The van der Waals surface area contributed by atoms with Crippen LogP contribution in [0.3, 0.4) is 0 Å². The molecule has 21 heavy (non-hydrogen) atoms. The van der Waals surface area contributed by atoms with Gasteiger partial charge < -0.3 is 21.3 Å². The van der Waals surface area contributed by atoms with E-state index < -0.39 is 47.6 Å². The summed E-state index contributed by atoms with van der Waals surface area (Å²) in [5.74, 6) is -3.79. The Morgan fingerprint density at radius 1 is 1.19 bits per heavy atom. The Balaban J connectivity index is 5.00. The van der Waals surface area contributed by atoms with E-state index in [9.17, 15) is 14.4 Å². The molecule has 0 aliphatic carbocycles. The van der Waals surface area contributed by atoms with Crippen LogP contribution < -0.4 is 11.1 Å². The molecule has 0 fully saturated rings. The van der Waals surface area contributed by atoms with Crippen molar-refractivity contribution in [1.82, 2.24) is 10.5 Å². The Morgan fingerprint density at radius 3 is 2.05 bits per heavy atom. The minimum Gasteiger partial charge on any atom is -0.481 e. The first-order valence-electron chi connectivity index (χ1n) is 6.23. The maximum atomic E-state index is 11.8. The number of hydrogen-bond acceptors (Lipinski definition) is 7. The highest BCUT2D eigenvalue weighted by atomic mass is 16.8. The summed E-state index contributed by atoms with van der Waals surface area (Å²) in [4.78, 5) is 33.5. The summed E-state index contributed by atoms with van der Waals surface area (Å²) in [6, 6.07) is -4.57. The van der Waals surface area contributed by atoms with Crippen LogP contribution in [-0.2, 0) is 14.4 Å². The number of carboxylic acid groups (broad SMARTS) is 2. The highest BCUT2D eigenvalue weighted by Gasteiger charge is 2.36. The lowest BCUT2D eigenvalue weighted by molar-refractivity contribution is -0.334. The molecule has 0 aromatic rings. The number of carbonyl (C=O) groups excluding carboxylic acids is 1. The summed E-state index contributed by atoms with van der Waals surface area (Å²) < 4.78 is 0. The fraction of sp³-hybridized carbons (Fsp3) is 0.727. The van der Waals surface area contributed by atoms with E-state index in [2.05, 4.69) is 0 Å². The number of carboxylic acids is 2. The molecule has 10 nitrogen and oxygen atoms in total. The van der Waals surface area contributed by atoms with Crippen molar-refractivity contribution >= 4 is 17.8 Å². The summed E-state index contributed by atoms with van der Waals surface area (Å²) in [7, 11) is 0. The summed E-state index contributed by atoms with van der Waals surface area (Å²) in [6.45, 7) is 3.64. The van der Waals surface area contributed by atoms with Crippen molar-refractivity contribution in [1.29, 1.82) is 0 Å². The van der Waals surface area contributed by atoms with Gasteiger partial charge in [0.1, 0.15) is 12.1 Å². The van der Waals surface area contributed by atoms with E-state index in [1.54, 1.807) is 0 Å². The molecule has 0 aromatic carbocycles. The standard InChI is InChI=1S/C11H21N3O7/c1-5(2)3-6(12)10(17)13-9(11(18)19)7(14(20)21)4-8(15)16/h5-7,9,20-21H,3-4,12H2,1-2H3,(H,13,17)(H,15,16)(H,18,19). The van der Waals surface area contributed by atoms with E-state index in [4.69, 9.17) is 26.4 Å². The van der Waals surface area contributed by atoms with Gasteiger partial charge in [-0.1, -0.05) is 19.1 Å². The van der Waals surface area contributed by atoms with Gasteiger partial charge in [-0.05, 0) is 12.3 Å². The van der Waals surface area contributed by atoms with Crippen molar-refractivity contribution < 1.29 is 35.0 Å². The summed E-state index contributed by atoms with van der Waals surface area (Å²) >= 11 is 0. The predicted octanol–water partition coefficient (Wildman–Crippen LogP) is -1.15. The van der Waals surface area contributed by atoms with Crippen molar-refractivity contribution in [3.63, 3.8) is 0 Å².